The van der Waals surface area contributed by atoms with Crippen molar-refractivity contribution in [1.29, 1.82) is 0 Å². The number of para-hydroxylation sites is 1. The lowest BCUT2D eigenvalue weighted by molar-refractivity contribution is 0.0947. The largest absolute Gasteiger partial charge is 0.369 e. The zero-order chi connectivity index (χ0) is 20.1. The molecule has 1 fully saturated rings. The Balaban J connectivity index is 1.19. The molecule has 4 rings (SSSR count). The van der Waals surface area contributed by atoms with Crippen molar-refractivity contribution in [1.82, 2.24) is 15.2 Å². The average Bonchev–Trinajstić information content (AvgIpc) is 2.76. The van der Waals surface area contributed by atoms with Crippen LogP contribution >= 0.6 is 0 Å². The molecule has 0 bridgehead atoms. The Morgan fingerprint density at radius 2 is 1.83 bits per heavy atom. The monoisotopic (exact) mass is 388 g/mol. The predicted octanol–water partition coefficient (Wildman–Crippen LogP) is 3.49. The van der Waals surface area contributed by atoms with E-state index < -0.39 is 0 Å². The Labute approximate surface area is 172 Å². The number of hydrogen-bond acceptors (Lipinski definition) is 4. The van der Waals surface area contributed by atoms with E-state index in [1.54, 1.807) is 6.07 Å². The lowest BCUT2D eigenvalue weighted by Gasteiger charge is -2.36. The topological polar surface area (TPSA) is 48.5 Å². The number of aryl methyl sites for hydroxylation is 1. The molecule has 0 saturated carbocycles. The van der Waals surface area contributed by atoms with E-state index in [2.05, 4.69) is 51.3 Å². The van der Waals surface area contributed by atoms with Crippen LogP contribution in [0.25, 0.3) is 10.9 Å². The van der Waals surface area contributed by atoms with Crippen LogP contribution in [0.3, 0.4) is 0 Å². The summed E-state index contributed by atoms with van der Waals surface area (Å²) in [7, 11) is 0. The summed E-state index contributed by atoms with van der Waals surface area (Å²) in [6.45, 7) is 8.05. The number of amides is 1. The van der Waals surface area contributed by atoms with Crippen molar-refractivity contribution >= 4 is 22.5 Å². The van der Waals surface area contributed by atoms with Crippen LogP contribution in [0, 0.1) is 6.92 Å². The van der Waals surface area contributed by atoms with Gasteiger partial charge in [0.25, 0.3) is 5.91 Å². The number of fused-ring (bicyclic) bond motifs is 1. The molecule has 0 atom stereocenters. The second-order valence-corrected chi connectivity index (χ2v) is 7.67. The molecule has 1 aliphatic heterocycles. The third kappa shape index (κ3) is 4.93. The van der Waals surface area contributed by atoms with Crippen molar-refractivity contribution in [2.45, 2.75) is 13.3 Å². The number of nitrogens with zero attached hydrogens (tertiary/aromatic N) is 3. The van der Waals surface area contributed by atoms with Gasteiger partial charge in [0, 0.05) is 43.8 Å². The first kappa shape index (κ1) is 19.4. The van der Waals surface area contributed by atoms with E-state index in [9.17, 15) is 4.79 Å². The van der Waals surface area contributed by atoms with Gasteiger partial charge in [-0.05, 0) is 49.7 Å². The molecule has 5 heteroatoms. The highest BCUT2D eigenvalue weighted by atomic mass is 16.1. The first-order valence-corrected chi connectivity index (χ1v) is 10.4. The minimum absolute atomic E-state index is 0.0972. The molecule has 1 saturated heterocycles. The summed E-state index contributed by atoms with van der Waals surface area (Å²) in [4.78, 5) is 21.8. The molecular formula is C24H28N4O. The molecule has 0 aliphatic carbocycles. The lowest BCUT2D eigenvalue weighted by Crippen LogP contribution is -2.47. The van der Waals surface area contributed by atoms with Gasteiger partial charge in [0.1, 0.15) is 5.69 Å². The summed E-state index contributed by atoms with van der Waals surface area (Å²) in [6, 6.07) is 20.3. The second kappa shape index (κ2) is 9.05. The summed E-state index contributed by atoms with van der Waals surface area (Å²) < 4.78 is 0. The SMILES string of the molecule is Cc1cccc(N2CCN(CCCNC(=O)c3ccc4ccccc4n3)CC2)c1. The molecule has 29 heavy (non-hydrogen) atoms. The van der Waals surface area contributed by atoms with E-state index in [0.29, 0.717) is 12.2 Å². The van der Waals surface area contributed by atoms with Gasteiger partial charge in [-0.3, -0.25) is 9.69 Å². The van der Waals surface area contributed by atoms with Crippen molar-refractivity contribution in [2.24, 2.45) is 0 Å². The van der Waals surface area contributed by atoms with Crippen molar-refractivity contribution in [2.75, 3.05) is 44.2 Å². The van der Waals surface area contributed by atoms with Crippen LogP contribution in [0.2, 0.25) is 0 Å². The van der Waals surface area contributed by atoms with Gasteiger partial charge in [-0.25, -0.2) is 4.98 Å². The Hall–Kier alpha value is -2.92. The third-order valence-electron chi connectivity index (χ3n) is 5.51. The molecule has 150 valence electrons. The fourth-order valence-corrected chi connectivity index (χ4v) is 3.84. The number of pyridine rings is 1. The first-order chi connectivity index (χ1) is 14.2. The number of hydrogen-bond donors (Lipinski definition) is 1. The number of aromatic nitrogens is 1. The lowest BCUT2D eigenvalue weighted by atomic mass is 10.2. The van der Waals surface area contributed by atoms with E-state index >= 15 is 0 Å². The molecule has 2 aromatic carbocycles. The maximum absolute atomic E-state index is 12.4. The number of anilines is 1. The molecule has 1 N–H and O–H groups in total. The Morgan fingerprint density at radius 1 is 1.00 bits per heavy atom. The van der Waals surface area contributed by atoms with Gasteiger partial charge in [0.15, 0.2) is 0 Å². The normalized spacial score (nSPS) is 14.9. The van der Waals surface area contributed by atoms with Gasteiger partial charge >= 0.3 is 0 Å². The van der Waals surface area contributed by atoms with Crippen molar-refractivity contribution in [3.63, 3.8) is 0 Å². The maximum atomic E-state index is 12.4. The quantitative estimate of drug-likeness (QED) is 0.657. The van der Waals surface area contributed by atoms with E-state index in [1.165, 1.54) is 11.3 Å². The predicted molar refractivity (Wildman–Crippen MR) is 119 cm³/mol. The molecule has 0 unspecified atom stereocenters. The Morgan fingerprint density at radius 3 is 2.66 bits per heavy atom. The smallest absolute Gasteiger partial charge is 0.269 e. The molecule has 1 amide bonds. The number of nitrogens with one attached hydrogen (secondary N) is 1. The van der Waals surface area contributed by atoms with Gasteiger partial charge in [0.05, 0.1) is 5.52 Å². The molecule has 2 heterocycles. The summed E-state index contributed by atoms with van der Waals surface area (Å²) in [5.74, 6) is -0.0972. The fraction of sp³-hybridized carbons (Fsp3) is 0.333. The van der Waals surface area contributed by atoms with Crippen molar-refractivity contribution < 1.29 is 4.79 Å². The van der Waals surface area contributed by atoms with E-state index in [-0.39, 0.29) is 5.91 Å². The zero-order valence-corrected chi connectivity index (χ0v) is 17.0. The maximum Gasteiger partial charge on any atom is 0.269 e. The molecule has 5 nitrogen and oxygen atoms in total. The van der Waals surface area contributed by atoms with Crippen LogP contribution in [-0.2, 0) is 0 Å². The van der Waals surface area contributed by atoms with E-state index in [4.69, 9.17) is 0 Å². The second-order valence-electron chi connectivity index (χ2n) is 7.67. The minimum atomic E-state index is -0.0972. The third-order valence-corrected chi connectivity index (χ3v) is 5.51. The Kier molecular flexibility index (Phi) is 6.06. The number of carbonyl (C=O) groups excluding carboxylic acids is 1. The number of carbonyl (C=O) groups is 1. The standard InChI is InChI=1S/C24H28N4O/c1-19-6-4-8-21(18-19)28-16-14-27(15-17-28)13-5-12-25-24(29)23-11-10-20-7-2-3-9-22(20)26-23/h2-4,6-11,18H,5,12-17H2,1H3,(H,25,29). The zero-order valence-electron chi connectivity index (χ0n) is 17.0. The highest BCUT2D eigenvalue weighted by Gasteiger charge is 2.17. The number of piperazine rings is 1. The fourth-order valence-electron chi connectivity index (χ4n) is 3.84. The van der Waals surface area contributed by atoms with E-state index in [0.717, 1.165) is 50.0 Å². The van der Waals surface area contributed by atoms with Crippen LogP contribution in [0.4, 0.5) is 5.69 Å². The molecule has 3 aromatic rings. The minimum Gasteiger partial charge on any atom is -0.369 e. The van der Waals surface area contributed by atoms with Crippen LogP contribution in [0.15, 0.2) is 60.7 Å². The highest BCUT2D eigenvalue weighted by molar-refractivity contribution is 5.94. The van der Waals surface area contributed by atoms with Gasteiger partial charge in [-0.1, -0.05) is 36.4 Å². The van der Waals surface area contributed by atoms with Crippen molar-refractivity contribution in [3.05, 3.63) is 71.9 Å². The van der Waals surface area contributed by atoms with Crippen LogP contribution < -0.4 is 10.2 Å². The van der Waals surface area contributed by atoms with Crippen LogP contribution in [-0.4, -0.2) is 55.1 Å². The number of rotatable bonds is 6. The van der Waals surface area contributed by atoms with E-state index in [1.807, 2.05) is 30.3 Å². The average molecular weight is 389 g/mol. The Bertz CT molecular complexity index is 979. The number of benzene rings is 2. The molecular weight excluding hydrogens is 360 g/mol. The van der Waals surface area contributed by atoms with Gasteiger partial charge < -0.3 is 10.2 Å². The summed E-state index contributed by atoms with van der Waals surface area (Å²) in [6.07, 6.45) is 0.948. The summed E-state index contributed by atoms with van der Waals surface area (Å²) in [5, 5.41) is 4.06. The summed E-state index contributed by atoms with van der Waals surface area (Å²) in [5.41, 5.74) is 3.96. The molecule has 1 aliphatic rings. The molecule has 0 radical (unpaired) electrons. The van der Waals surface area contributed by atoms with Crippen LogP contribution in [0.1, 0.15) is 22.5 Å². The van der Waals surface area contributed by atoms with Crippen molar-refractivity contribution in [3.8, 4) is 0 Å². The first-order valence-electron chi connectivity index (χ1n) is 10.4. The highest BCUT2D eigenvalue weighted by Crippen LogP contribution is 2.17. The summed E-state index contributed by atoms with van der Waals surface area (Å²) >= 11 is 0. The van der Waals surface area contributed by atoms with Gasteiger partial charge in [-0.15, -0.1) is 0 Å². The molecule has 1 aromatic heterocycles. The van der Waals surface area contributed by atoms with Gasteiger partial charge in [-0.2, -0.15) is 0 Å². The molecule has 0 spiro atoms. The van der Waals surface area contributed by atoms with Gasteiger partial charge in [0.2, 0.25) is 0 Å². The van der Waals surface area contributed by atoms with Crippen LogP contribution in [0.5, 0.6) is 0 Å².